The molecule has 1 atom stereocenters. The Morgan fingerprint density at radius 2 is 2.11 bits per heavy atom. The SMILES string of the molecule is C[C@@H](OC(=O)Cc1coc2cc(O)ccc12)C(=O)Nc1ccc(C#N)c(Cl)c1. The van der Waals surface area contributed by atoms with E-state index in [1.165, 1.54) is 43.5 Å². The Labute approximate surface area is 165 Å². The van der Waals surface area contributed by atoms with Gasteiger partial charge in [-0.3, -0.25) is 9.59 Å². The monoisotopic (exact) mass is 398 g/mol. The number of hydrogen-bond donors (Lipinski definition) is 2. The maximum absolute atomic E-state index is 12.2. The van der Waals surface area contributed by atoms with Gasteiger partial charge < -0.3 is 19.6 Å². The van der Waals surface area contributed by atoms with Crippen molar-refractivity contribution in [3.63, 3.8) is 0 Å². The molecular formula is C20H15ClN2O5. The molecule has 1 aromatic heterocycles. The minimum absolute atomic E-state index is 0.0594. The van der Waals surface area contributed by atoms with Crippen LogP contribution in [0.4, 0.5) is 5.69 Å². The second-order valence-electron chi connectivity index (χ2n) is 6.05. The molecule has 0 saturated heterocycles. The van der Waals surface area contributed by atoms with E-state index in [-0.39, 0.29) is 17.2 Å². The normalized spacial score (nSPS) is 11.6. The maximum Gasteiger partial charge on any atom is 0.311 e. The standard InChI is InChI=1S/C20H15ClN2O5/c1-11(20(26)23-14-3-2-12(9-22)17(21)7-14)28-19(25)6-13-10-27-18-8-15(24)4-5-16(13)18/h2-5,7-8,10-11,24H,6H2,1H3,(H,23,26)/t11-/m1/s1. The third-order valence-electron chi connectivity index (χ3n) is 4.01. The van der Waals surface area contributed by atoms with Crippen LogP contribution in [0.2, 0.25) is 5.02 Å². The van der Waals surface area contributed by atoms with Crippen molar-refractivity contribution < 1.29 is 23.8 Å². The van der Waals surface area contributed by atoms with Gasteiger partial charge in [0.25, 0.3) is 5.91 Å². The summed E-state index contributed by atoms with van der Waals surface area (Å²) >= 11 is 5.93. The number of aromatic hydroxyl groups is 1. The maximum atomic E-state index is 12.2. The fraction of sp³-hybridized carbons (Fsp3) is 0.150. The van der Waals surface area contributed by atoms with Crippen LogP contribution >= 0.6 is 11.6 Å². The Balaban J connectivity index is 1.61. The van der Waals surface area contributed by atoms with Gasteiger partial charge in [-0.05, 0) is 37.3 Å². The van der Waals surface area contributed by atoms with Gasteiger partial charge in [-0.2, -0.15) is 5.26 Å². The molecule has 8 heteroatoms. The third kappa shape index (κ3) is 4.24. The van der Waals surface area contributed by atoms with Gasteiger partial charge in [0.2, 0.25) is 0 Å². The number of hydrogen-bond acceptors (Lipinski definition) is 6. The zero-order valence-electron chi connectivity index (χ0n) is 14.7. The number of benzene rings is 2. The number of amides is 1. The minimum atomic E-state index is -1.04. The van der Waals surface area contributed by atoms with E-state index in [9.17, 15) is 14.7 Å². The number of phenols is 1. The molecule has 3 aromatic rings. The molecule has 0 aliphatic carbocycles. The summed E-state index contributed by atoms with van der Waals surface area (Å²) in [5.41, 5.74) is 1.72. The van der Waals surface area contributed by atoms with Crippen LogP contribution in [0.25, 0.3) is 11.0 Å². The van der Waals surface area contributed by atoms with Gasteiger partial charge in [0.15, 0.2) is 6.10 Å². The van der Waals surface area contributed by atoms with Gasteiger partial charge >= 0.3 is 5.97 Å². The van der Waals surface area contributed by atoms with Crippen molar-refractivity contribution in [1.29, 1.82) is 5.26 Å². The second-order valence-corrected chi connectivity index (χ2v) is 6.45. The lowest BCUT2D eigenvalue weighted by molar-refractivity contribution is -0.152. The Morgan fingerprint density at radius 1 is 1.32 bits per heavy atom. The first-order valence-electron chi connectivity index (χ1n) is 8.26. The molecule has 0 spiro atoms. The van der Waals surface area contributed by atoms with Crippen LogP contribution < -0.4 is 5.32 Å². The lowest BCUT2D eigenvalue weighted by atomic mass is 10.1. The van der Waals surface area contributed by atoms with Crippen molar-refractivity contribution in [2.24, 2.45) is 0 Å². The summed E-state index contributed by atoms with van der Waals surface area (Å²) in [4.78, 5) is 24.4. The molecule has 0 aliphatic rings. The van der Waals surface area contributed by atoms with Gasteiger partial charge in [0, 0.05) is 22.7 Å². The molecule has 28 heavy (non-hydrogen) atoms. The summed E-state index contributed by atoms with van der Waals surface area (Å²) in [6.07, 6.45) is 0.288. The van der Waals surface area contributed by atoms with Crippen molar-refractivity contribution in [3.05, 3.63) is 58.8 Å². The fourth-order valence-corrected chi connectivity index (χ4v) is 2.81. The highest BCUT2D eigenvalue weighted by Gasteiger charge is 2.20. The van der Waals surface area contributed by atoms with E-state index >= 15 is 0 Å². The highest BCUT2D eigenvalue weighted by atomic mass is 35.5. The average molecular weight is 399 g/mol. The van der Waals surface area contributed by atoms with Gasteiger partial charge in [0.1, 0.15) is 17.4 Å². The molecule has 1 heterocycles. The number of anilines is 1. The first-order chi connectivity index (χ1) is 13.4. The number of furan rings is 1. The molecule has 0 aliphatic heterocycles. The Morgan fingerprint density at radius 3 is 2.82 bits per heavy atom. The minimum Gasteiger partial charge on any atom is -0.508 e. The summed E-state index contributed by atoms with van der Waals surface area (Å²) in [5, 5.41) is 21.8. The fourth-order valence-electron chi connectivity index (χ4n) is 2.58. The molecule has 0 fully saturated rings. The molecule has 7 nitrogen and oxygen atoms in total. The van der Waals surface area contributed by atoms with Crippen molar-refractivity contribution in [3.8, 4) is 11.8 Å². The predicted octanol–water partition coefficient (Wildman–Crippen LogP) is 3.78. The highest BCUT2D eigenvalue weighted by Crippen LogP contribution is 2.25. The summed E-state index contributed by atoms with van der Waals surface area (Å²) in [7, 11) is 0. The first kappa shape index (κ1) is 19.3. The largest absolute Gasteiger partial charge is 0.508 e. The van der Waals surface area contributed by atoms with Crippen LogP contribution in [-0.2, 0) is 20.7 Å². The van der Waals surface area contributed by atoms with Crippen molar-refractivity contribution in [2.75, 3.05) is 5.32 Å². The van der Waals surface area contributed by atoms with Crippen LogP contribution in [0.1, 0.15) is 18.1 Å². The Hall–Kier alpha value is -3.50. The number of halogens is 1. The zero-order valence-corrected chi connectivity index (χ0v) is 15.5. The molecule has 3 rings (SSSR count). The number of nitrogens with zero attached hydrogens (tertiary/aromatic N) is 1. The summed E-state index contributed by atoms with van der Waals surface area (Å²) < 4.78 is 10.5. The summed E-state index contributed by atoms with van der Waals surface area (Å²) in [6, 6.07) is 11.0. The van der Waals surface area contributed by atoms with Gasteiger partial charge in [0.05, 0.1) is 23.3 Å². The van der Waals surface area contributed by atoms with Crippen molar-refractivity contribution in [2.45, 2.75) is 19.4 Å². The van der Waals surface area contributed by atoms with Crippen LogP contribution in [-0.4, -0.2) is 23.1 Å². The lowest BCUT2D eigenvalue weighted by Gasteiger charge is -2.13. The molecule has 0 unspecified atom stereocenters. The number of fused-ring (bicyclic) bond motifs is 1. The molecule has 0 radical (unpaired) electrons. The average Bonchev–Trinajstić information content (AvgIpc) is 3.03. The van der Waals surface area contributed by atoms with E-state index in [2.05, 4.69) is 5.32 Å². The molecule has 1 amide bonds. The van der Waals surface area contributed by atoms with Gasteiger partial charge in [-0.25, -0.2) is 0 Å². The Bertz CT molecular complexity index is 1100. The van der Waals surface area contributed by atoms with E-state index in [0.717, 1.165) is 0 Å². The van der Waals surface area contributed by atoms with E-state index in [0.29, 0.717) is 27.8 Å². The molecule has 0 bridgehead atoms. The van der Waals surface area contributed by atoms with Crippen molar-refractivity contribution in [1.82, 2.24) is 0 Å². The van der Waals surface area contributed by atoms with E-state index in [1.54, 1.807) is 6.07 Å². The first-order valence-corrected chi connectivity index (χ1v) is 8.64. The quantitative estimate of drug-likeness (QED) is 0.632. The number of rotatable bonds is 5. The summed E-state index contributed by atoms with van der Waals surface area (Å²) in [5.74, 6) is -1.07. The second kappa shape index (κ2) is 8.03. The summed E-state index contributed by atoms with van der Waals surface area (Å²) in [6.45, 7) is 1.45. The molecule has 142 valence electrons. The van der Waals surface area contributed by atoms with Crippen LogP contribution in [0.5, 0.6) is 5.75 Å². The topological polar surface area (TPSA) is 113 Å². The predicted molar refractivity (Wildman–Crippen MR) is 102 cm³/mol. The van der Waals surface area contributed by atoms with Crippen LogP contribution in [0.15, 0.2) is 47.1 Å². The number of nitriles is 1. The zero-order chi connectivity index (χ0) is 20.3. The number of phenolic OH excluding ortho intramolecular Hbond substituents is 1. The van der Waals surface area contributed by atoms with Gasteiger partial charge in [-0.15, -0.1) is 0 Å². The number of esters is 1. The Kier molecular flexibility index (Phi) is 5.52. The molecular weight excluding hydrogens is 384 g/mol. The van der Waals surface area contributed by atoms with E-state index < -0.39 is 18.0 Å². The molecule has 2 N–H and O–H groups in total. The van der Waals surface area contributed by atoms with E-state index in [1.807, 2.05) is 6.07 Å². The third-order valence-corrected chi connectivity index (χ3v) is 4.32. The van der Waals surface area contributed by atoms with E-state index in [4.69, 9.17) is 26.0 Å². The van der Waals surface area contributed by atoms with Gasteiger partial charge in [-0.1, -0.05) is 11.6 Å². The van der Waals surface area contributed by atoms with Crippen LogP contribution in [0.3, 0.4) is 0 Å². The highest BCUT2D eigenvalue weighted by molar-refractivity contribution is 6.32. The molecule has 0 saturated carbocycles. The van der Waals surface area contributed by atoms with Crippen LogP contribution in [0, 0.1) is 11.3 Å². The number of ether oxygens (including phenoxy) is 1. The molecule has 2 aromatic carbocycles. The number of nitrogens with one attached hydrogen (secondary N) is 1. The number of carbonyl (C=O) groups excluding carboxylic acids is 2. The lowest BCUT2D eigenvalue weighted by Crippen LogP contribution is -2.30. The smallest absolute Gasteiger partial charge is 0.311 e. The number of carbonyl (C=O) groups is 2. The van der Waals surface area contributed by atoms with Crippen molar-refractivity contribution >= 4 is 40.1 Å².